The van der Waals surface area contributed by atoms with Gasteiger partial charge < -0.3 is 0 Å². The molecule has 0 N–H and O–H groups in total. The van der Waals surface area contributed by atoms with Gasteiger partial charge in [0.2, 0.25) is 0 Å². The Bertz CT molecular complexity index is 616. The number of fused-ring (bicyclic) bond motifs is 3. The first-order chi connectivity index (χ1) is 8.72. The van der Waals surface area contributed by atoms with Crippen molar-refractivity contribution in [2.24, 2.45) is 0 Å². The Morgan fingerprint density at radius 3 is 2.78 bits per heavy atom. The molecule has 0 saturated carbocycles. The molecule has 1 aromatic heterocycles. The molecule has 0 atom stereocenters. The van der Waals surface area contributed by atoms with E-state index in [4.69, 9.17) is 16.6 Å². The van der Waals surface area contributed by atoms with E-state index in [2.05, 4.69) is 26.0 Å². The van der Waals surface area contributed by atoms with E-state index in [1.165, 1.54) is 36.0 Å². The molecular formula is C16H18ClN. The number of aryl methyl sites for hydroxylation is 3. The van der Waals surface area contributed by atoms with Gasteiger partial charge in [-0.05, 0) is 55.7 Å². The Morgan fingerprint density at radius 1 is 1.22 bits per heavy atom. The average Bonchev–Trinajstić information content (AvgIpc) is 2.39. The molecule has 0 unspecified atom stereocenters. The molecule has 0 bridgehead atoms. The quantitative estimate of drug-likeness (QED) is 0.727. The molecule has 0 spiro atoms. The molecule has 3 rings (SSSR count). The van der Waals surface area contributed by atoms with Crippen LogP contribution in [0, 0.1) is 6.92 Å². The standard InChI is InChI=1S/C16H18ClN/c1-3-12-10(2)18-16-13-7-5-4-6-11(13)8-9-14(16)15(12)17/h8-9H,3-7H2,1-2H3. The van der Waals surface area contributed by atoms with Crippen LogP contribution in [0.2, 0.25) is 5.02 Å². The fraction of sp³-hybridized carbons (Fsp3) is 0.438. The third-order valence-corrected chi connectivity index (χ3v) is 4.51. The smallest absolute Gasteiger partial charge is 0.0755 e. The Balaban J connectivity index is 2.36. The van der Waals surface area contributed by atoms with E-state index < -0.39 is 0 Å². The second-order valence-electron chi connectivity index (χ2n) is 5.15. The lowest BCUT2D eigenvalue weighted by Crippen LogP contribution is -2.05. The van der Waals surface area contributed by atoms with Gasteiger partial charge >= 0.3 is 0 Å². The van der Waals surface area contributed by atoms with Gasteiger partial charge in [0.15, 0.2) is 0 Å². The van der Waals surface area contributed by atoms with Crippen molar-refractivity contribution in [1.29, 1.82) is 0 Å². The minimum absolute atomic E-state index is 0.911. The van der Waals surface area contributed by atoms with Gasteiger partial charge in [-0.2, -0.15) is 0 Å². The van der Waals surface area contributed by atoms with E-state index in [0.717, 1.165) is 34.5 Å². The minimum Gasteiger partial charge on any atom is -0.252 e. The SMILES string of the molecule is CCc1c(C)nc2c3c(ccc2c1Cl)CCCC3. The van der Waals surface area contributed by atoms with Crippen LogP contribution in [0.4, 0.5) is 0 Å². The maximum Gasteiger partial charge on any atom is 0.0755 e. The average molecular weight is 260 g/mol. The highest BCUT2D eigenvalue weighted by atomic mass is 35.5. The summed E-state index contributed by atoms with van der Waals surface area (Å²) in [5, 5.41) is 2.05. The minimum atomic E-state index is 0.911. The van der Waals surface area contributed by atoms with E-state index in [9.17, 15) is 0 Å². The largest absolute Gasteiger partial charge is 0.252 e. The highest BCUT2D eigenvalue weighted by molar-refractivity contribution is 6.36. The van der Waals surface area contributed by atoms with Crippen LogP contribution in [0.15, 0.2) is 12.1 Å². The van der Waals surface area contributed by atoms with Crippen LogP contribution in [-0.2, 0) is 19.3 Å². The van der Waals surface area contributed by atoms with Crippen LogP contribution in [-0.4, -0.2) is 4.98 Å². The van der Waals surface area contributed by atoms with E-state index in [-0.39, 0.29) is 0 Å². The summed E-state index contributed by atoms with van der Waals surface area (Å²) in [6.07, 6.45) is 5.88. The molecule has 1 aliphatic carbocycles. The molecule has 94 valence electrons. The number of nitrogens with zero attached hydrogens (tertiary/aromatic N) is 1. The zero-order valence-corrected chi connectivity index (χ0v) is 11.8. The molecule has 2 aromatic rings. The number of aromatic nitrogens is 1. The van der Waals surface area contributed by atoms with Crippen LogP contribution in [0.1, 0.15) is 42.1 Å². The van der Waals surface area contributed by atoms with Crippen LogP contribution in [0.3, 0.4) is 0 Å². The third kappa shape index (κ3) is 1.73. The number of halogens is 1. The monoisotopic (exact) mass is 259 g/mol. The van der Waals surface area contributed by atoms with Crippen molar-refractivity contribution in [3.8, 4) is 0 Å². The topological polar surface area (TPSA) is 12.9 Å². The number of pyridine rings is 1. The van der Waals surface area contributed by atoms with Crippen molar-refractivity contribution >= 4 is 22.5 Å². The van der Waals surface area contributed by atoms with Gasteiger partial charge in [-0.25, -0.2) is 0 Å². The van der Waals surface area contributed by atoms with Crippen molar-refractivity contribution in [1.82, 2.24) is 4.98 Å². The normalized spacial score (nSPS) is 14.8. The zero-order valence-electron chi connectivity index (χ0n) is 11.0. The Morgan fingerprint density at radius 2 is 2.00 bits per heavy atom. The van der Waals surface area contributed by atoms with Crippen molar-refractivity contribution in [3.05, 3.63) is 39.5 Å². The van der Waals surface area contributed by atoms with Gasteiger partial charge in [0.25, 0.3) is 0 Å². The third-order valence-electron chi connectivity index (χ3n) is 4.07. The fourth-order valence-corrected chi connectivity index (χ4v) is 3.50. The summed E-state index contributed by atoms with van der Waals surface area (Å²) >= 11 is 6.55. The van der Waals surface area contributed by atoms with E-state index in [1.54, 1.807) is 0 Å². The Labute approximate surface area is 113 Å². The first-order valence-electron chi connectivity index (χ1n) is 6.81. The number of benzene rings is 1. The maximum absolute atomic E-state index is 6.55. The Hall–Kier alpha value is -1.08. The van der Waals surface area contributed by atoms with Crippen molar-refractivity contribution < 1.29 is 0 Å². The summed E-state index contributed by atoms with van der Waals surface area (Å²) in [5.74, 6) is 0. The summed E-state index contributed by atoms with van der Waals surface area (Å²) in [6, 6.07) is 4.41. The van der Waals surface area contributed by atoms with Crippen molar-refractivity contribution in [2.45, 2.75) is 46.0 Å². The van der Waals surface area contributed by atoms with Gasteiger partial charge in [-0.15, -0.1) is 0 Å². The van der Waals surface area contributed by atoms with Crippen LogP contribution in [0.5, 0.6) is 0 Å². The highest BCUT2D eigenvalue weighted by Gasteiger charge is 2.17. The highest BCUT2D eigenvalue weighted by Crippen LogP contribution is 2.34. The molecule has 1 aliphatic rings. The lowest BCUT2D eigenvalue weighted by molar-refractivity contribution is 0.689. The van der Waals surface area contributed by atoms with E-state index in [1.807, 2.05) is 0 Å². The molecule has 1 heterocycles. The van der Waals surface area contributed by atoms with E-state index in [0.29, 0.717) is 0 Å². The lowest BCUT2D eigenvalue weighted by Gasteiger charge is -2.19. The first kappa shape index (κ1) is 12.0. The van der Waals surface area contributed by atoms with Gasteiger partial charge in [0.05, 0.1) is 10.5 Å². The molecule has 0 fully saturated rings. The number of hydrogen-bond donors (Lipinski definition) is 0. The molecule has 1 nitrogen and oxygen atoms in total. The Kier molecular flexibility index (Phi) is 3.03. The summed E-state index contributed by atoms with van der Waals surface area (Å²) in [6.45, 7) is 4.21. The molecule has 18 heavy (non-hydrogen) atoms. The molecule has 0 aliphatic heterocycles. The first-order valence-corrected chi connectivity index (χ1v) is 7.19. The molecule has 0 radical (unpaired) electrons. The molecule has 0 amide bonds. The molecule has 2 heteroatoms. The van der Waals surface area contributed by atoms with Gasteiger partial charge in [-0.1, -0.05) is 30.7 Å². The van der Waals surface area contributed by atoms with E-state index >= 15 is 0 Å². The van der Waals surface area contributed by atoms with Gasteiger partial charge in [-0.3, -0.25) is 4.98 Å². The van der Waals surface area contributed by atoms with Crippen LogP contribution in [0.25, 0.3) is 10.9 Å². The maximum atomic E-state index is 6.55. The molecule has 0 saturated heterocycles. The molecule has 1 aromatic carbocycles. The molecular weight excluding hydrogens is 242 g/mol. The second-order valence-corrected chi connectivity index (χ2v) is 5.53. The summed E-state index contributed by atoms with van der Waals surface area (Å²) in [5.41, 5.74) is 6.34. The van der Waals surface area contributed by atoms with Crippen molar-refractivity contribution in [3.63, 3.8) is 0 Å². The summed E-state index contributed by atoms with van der Waals surface area (Å²) in [7, 11) is 0. The van der Waals surface area contributed by atoms with Gasteiger partial charge in [0.1, 0.15) is 0 Å². The fourth-order valence-electron chi connectivity index (χ4n) is 3.08. The lowest BCUT2D eigenvalue weighted by atomic mass is 9.89. The summed E-state index contributed by atoms with van der Waals surface area (Å²) < 4.78 is 0. The second kappa shape index (κ2) is 4.55. The summed E-state index contributed by atoms with van der Waals surface area (Å²) in [4.78, 5) is 4.84. The van der Waals surface area contributed by atoms with Crippen molar-refractivity contribution in [2.75, 3.05) is 0 Å². The predicted octanol–water partition coefficient (Wildman–Crippen LogP) is 4.64. The van der Waals surface area contributed by atoms with Crippen LogP contribution < -0.4 is 0 Å². The number of hydrogen-bond acceptors (Lipinski definition) is 1. The zero-order chi connectivity index (χ0) is 12.7. The predicted molar refractivity (Wildman–Crippen MR) is 77.5 cm³/mol. The van der Waals surface area contributed by atoms with Crippen LogP contribution >= 0.6 is 11.6 Å². The van der Waals surface area contributed by atoms with Gasteiger partial charge in [0, 0.05) is 11.1 Å². The number of rotatable bonds is 1.